The number of nitrogens with zero attached hydrogens (tertiary/aromatic N) is 1. The number of hydrogen-bond acceptors (Lipinski definition) is 4. The molecule has 3 nitrogen and oxygen atoms in total. The van der Waals surface area contributed by atoms with Crippen molar-refractivity contribution >= 4 is 28.7 Å². The third kappa shape index (κ3) is 2.54. The predicted octanol–water partition coefficient (Wildman–Crippen LogP) is 3.05. The van der Waals surface area contributed by atoms with Gasteiger partial charge in [0.2, 0.25) is 5.13 Å². The van der Waals surface area contributed by atoms with Crippen molar-refractivity contribution in [2.45, 2.75) is 26.2 Å². The van der Waals surface area contributed by atoms with Gasteiger partial charge in [-0.3, -0.25) is 5.10 Å². The van der Waals surface area contributed by atoms with E-state index in [9.17, 15) is 0 Å². The average Bonchev–Trinajstić information content (AvgIpc) is 2.72. The number of hydrogen-bond donors (Lipinski definition) is 2. The lowest BCUT2D eigenvalue weighted by Crippen LogP contribution is -2.11. The van der Waals surface area contributed by atoms with Crippen molar-refractivity contribution in [2.24, 2.45) is 11.8 Å². The maximum atomic E-state index is 4.96. The van der Waals surface area contributed by atoms with E-state index >= 15 is 0 Å². The molecular weight excluding hydrogens is 214 g/mol. The Morgan fingerprint density at radius 2 is 2.50 bits per heavy atom. The summed E-state index contributed by atoms with van der Waals surface area (Å²) in [6.07, 6.45) is 4.08. The largest absolute Gasteiger partial charge is 0.360 e. The van der Waals surface area contributed by atoms with Gasteiger partial charge in [-0.05, 0) is 36.9 Å². The van der Waals surface area contributed by atoms with Crippen LogP contribution in [0, 0.1) is 15.8 Å². The molecular formula is C9H15N3S2. The zero-order valence-electron chi connectivity index (χ0n) is 8.25. The molecule has 1 aromatic heterocycles. The lowest BCUT2D eigenvalue weighted by Gasteiger charge is -2.09. The van der Waals surface area contributed by atoms with Crippen LogP contribution in [0.15, 0.2) is 0 Å². The van der Waals surface area contributed by atoms with Crippen LogP contribution in [0.2, 0.25) is 0 Å². The van der Waals surface area contributed by atoms with Gasteiger partial charge in [-0.2, -0.15) is 0 Å². The molecule has 1 fully saturated rings. The van der Waals surface area contributed by atoms with E-state index in [1.165, 1.54) is 30.6 Å². The van der Waals surface area contributed by atoms with Gasteiger partial charge in [0.25, 0.3) is 0 Å². The molecule has 0 spiro atoms. The maximum absolute atomic E-state index is 4.96. The molecule has 2 unspecified atom stereocenters. The van der Waals surface area contributed by atoms with Crippen LogP contribution in [0.3, 0.4) is 0 Å². The fourth-order valence-corrected chi connectivity index (χ4v) is 2.84. The minimum Gasteiger partial charge on any atom is -0.360 e. The third-order valence-electron chi connectivity index (χ3n) is 2.78. The molecule has 1 aliphatic carbocycles. The lowest BCUT2D eigenvalue weighted by atomic mass is 10.1. The monoisotopic (exact) mass is 229 g/mol. The van der Waals surface area contributed by atoms with Gasteiger partial charge in [-0.15, -0.1) is 5.10 Å². The topological polar surface area (TPSA) is 40.7 Å². The van der Waals surface area contributed by atoms with E-state index < -0.39 is 0 Å². The van der Waals surface area contributed by atoms with Crippen molar-refractivity contribution in [3.63, 3.8) is 0 Å². The Morgan fingerprint density at radius 3 is 3.07 bits per heavy atom. The predicted molar refractivity (Wildman–Crippen MR) is 62.3 cm³/mol. The number of aromatic nitrogens is 2. The van der Waals surface area contributed by atoms with Crippen LogP contribution >= 0.6 is 23.6 Å². The number of nitrogens with one attached hydrogen (secondary N) is 2. The first-order valence-corrected chi connectivity index (χ1v) is 6.26. The molecule has 1 aliphatic rings. The summed E-state index contributed by atoms with van der Waals surface area (Å²) in [5.41, 5.74) is 0. The Morgan fingerprint density at radius 1 is 1.64 bits per heavy atom. The summed E-state index contributed by atoms with van der Waals surface area (Å²) in [5, 5.41) is 11.1. The van der Waals surface area contributed by atoms with Crippen LogP contribution in [0.1, 0.15) is 26.2 Å². The van der Waals surface area contributed by atoms with Gasteiger partial charge in [0.1, 0.15) is 0 Å². The SMILES string of the molecule is CC1CCC(CNc2n[nH]c(=S)s2)C1. The minimum atomic E-state index is 0.743. The quantitative estimate of drug-likeness (QED) is 0.783. The number of anilines is 1. The number of H-pyrrole nitrogens is 1. The first kappa shape index (κ1) is 10.1. The minimum absolute atomic E-state index is 0.743. The van der Waals surface area contributed by atoms with Gasteiger partial charge >= 0.3 is 0 Å². The summed E-state index contributed by atoms with van der Waals surface area (Å²) in [5.74, 6) is 1.72. The Labute approximate surface area is 92.9 Å². The van der Waals surface area contributed by atoms with E-state index in [-0.39, 0.29) is 0 Å². The van der Waals surface area contributed by atoms with E-state index in [4.69, 9.17) is 12.2 Å². The molecule has 0 radical (unpaired) electrons. The van der Waals surface area contributed by atoms with Gasteiger partial charge in [0.15, 0.2) is 3.95 Å². The molecule has 0 aromatic carbocycles. The van der Waals surface area contributed by atoms with Crippen LogP contribution in [-0.4, -0.2) is 16.7 Å². The zero-order chi connectivity index (χ0) is 9.97. The fourth-order valence-electron chi connectivity index (χ4n) is 2.05. The second kappa shape index (κ2) is 4.40. The van der Waals surface area contributed by atoms with Crippen molar-refractivity contribution in [2.75, 3.05) is 11.9 Å². The van der Waals surface area contributed by atoms with Gasteiger partial charge < -0.3 is 5.32 Å². The van der Waals surface area contributed by atoms with Gasteiger partial charge in [0, 0.05) is 6.54 Å². The second-order valence-corrected chi connectivity index (χ2v) is 5.75. The summed E-state index contributed by atoms with van der Waals surface area (Å²) >= 11 is 6.47. The molecule has 14 heavy (non-hydrogen) atoms. The molecule has 0 bridgehead atoms. The molecule has 0 amide bonds. The highest BCUT2D eigenvalue weighted by Gasteiger charge is 2.20. The highest BCUT2D eigenvalue weighted by atomic mass is 32.1. The molecule has 78 valence electrons. The third-order valence-corrected chi connectivity index (χ3v) is 3.83. The molecule has 5 heteroatoms. The van der Waals surface area contributed by atoms with Crippen molar-refractivity contribution in [3.05, 3.63) is 3.95 Å². The van der Waals surface area contributed by atoms with Gasteiger partial charge in [-0.1, -0.05) is 24.7 Å². The lowest BCUT2D eigenvalue weighted by molar-refractivity contribution is 0.537. The van der Waals surface area contributed by atoms with Crippen molar-refractivity contribution in [1.82, 2.24) is 10.2 Å². The molecule has 1 aromatic rings. The summed E-state index contributed by atoms with van der Waals surface area (Å²) in [6.45, 7) is 3.37. The summed E-state index contributed by atoms with van der Waals surface area (Å²) in [6, 6.07) is 0. The van der Waals surface area contributed by atoms with Crippen LogP contribution in [0.25, 0.3) is 0 Å². The smallest absolute Gasteiger partial charge is 0.204 e. The standard InChI is InChI=1S/C9H15N3S2/c1-6-2-3-7(4-6)5-10-8-11-12-9(13)14-8/h6-7H,2-5H2,1H3,(H,10,11)(H,12,13). The van der Waals surface area contributed by atoms with E-state index in [0.717, 1.165) is 27.5 Å². The molecule has 0 aliphatic heterocycles. The molecule has 1 heterocycles. The Kier molecular flexibility index (Phi) is 3.18. The molecule has 0 saturated heterocycles. The van der Waals surface area contributed by atoms with Crippen LogP contribution in [0.5, 0.6) is 0 Å². The number of rotatable bonds is 3. The summed E-state index contributed by atoms with van der Waals surface area (Å²) in [4.78, 5) is 0. The Hall–Kier alpha value is -0.420. The van der Waals surface area contributed by atoms with E-state index in [1.807, 2.05) is 0 Å². The van der Waals surface area contributed by atoms with Crippen molar-refractivity contribution < 1.29 is 0 Å². The first-order valence-electron chi connectivity index (χ1n) is 5.03. The molecule has 2 atom stereocenters. The molecule has 2 rings (SSSR count). The number of aromatic amines is 1. The maximum Gasteiger partial charge on any atom is 0.204 e. The van der Waals surface area contributed by atoms with Gasteiger partial charge in [0.05, 0.1) is 0 Å². The summed E-state index contributed by atoms with van der Waals surface area (Å²) in [7, 11) is 0. The van der Waals surface area contributed by atoms with Gasteiger partial charge in [-0.25, -0.2) is 0 Å². The van der Waals surface area contributed by atoms with Crippen molar-refractivity contribution in [1.29, 1.82) is 0 Å². The molecule has 2 N–H and O–H groups in total. The van der Waals surface area contributed by atoms with E-state index in [1.54, 1.807) is 0 Å². The second-order valence-electron chi connectivity index (χ2n) is 4.08. The molecule has 1 saturated carbocycles. The Balaban J connectivity index is 1.80. The fraction of sp³-hybridized carbons (Fsp3) is 0.778. The van der Waals surface area contributed by atoms with E-state index in [0.29, 0.717) is 0 Å². The van der Waals surface area contributed by atoms with E-state index in [2.05, 4.69) is 22.4 Å². The van der Waals surface area contributed by atoms with Crippen LogP contribution in [0.4, 0.5) is 5.13 Å². The highest BCUT2D eigenvalue weighted by molar-refractivity contribution is 7.73. The van der Waals surface area contributed by atoms with Crippen LogP contribution in [-0.2, 0) is 0 Å². The normalized spacial score (nSPS) is 26.6. The highest BCUT2D eigenvalue weighted by Crippen LogP contribution is 2.30. The Bertz CT molecular complexity index is 344. The summed E-state index contributed by atoms with van der Waals surface area (Å²) < 4.78 is 0.743. The van der Waals surface area contributed by atoms with Crippen molar-refractivity contribution in [3.8, 4) is 0 Å². The zero-order valence-corrected chi connectivity index (χ0v) is 9.88. The first-order chi connectivity index (χ1) is 6.74. The average molecular weight is 229 g/mol. The van der Waals surface area contributed by atoms with Crippen LogP contribution < -0.4 is 5.32 Å².